The Hall–Kier alpha value is -1.52. The van der Waals surface area contributed by atoms with Crippen LogP contribution in [0.5, 0.6) is 0 Å². The van der Waals surface area contributed by atoms with E-state index in [-0.39, 0.29) is 17.9 Å². The molecule has 4 N–H and O–H groups in total. The van der Waals surface area contributed by atoms with Gasteiger partial charge in [0.2, 0.25) is 0 Å². The second-order valence-corrected chi connectivity index (χ2v) is 5.81. The fourth-order valence-corrected chi connectivity index (χ4v) is 2.31. The number of carbonyl (C=O) groups excluding carboxylic acids is 1. The summed E-state index contributed by atoms with van der Waals surface area (Å²) in [5.74, 6) is 0.878. The third-order valence-corrected chi connectivity index (χ3v) is 3.77. The van der Waals surface area contributed by atoms with Crippen LogP contribution in [-0.2, 0) is 0 Å². The molecule has 19 heavy (non-hydrogen) atoms. The first-order chi connectivity index (χ1) is 9.02. The van der Waals surface area contributed by atoms with Gasteiger partial charge in [0, 0.05) is 6.04 Å². The Bertz CT molecular complexity index is 448. The van der Waals surface area contributed by atoms with Gasteiger partial charge in [-0.1, -0.05) is 33.6 Å². The number of anilines is 1. The van der Waals surface area contributed by atoms with Gasteiger partial charge in [-0.3, -0.25) is 9.89 Å². The zero-order valence-electron chi connectivity index (χ0n) is 12.0. The molecule has 0 radical (unpaired) electrons. The van der Waals surface area contributed by atoms with E-state index in [0.29, 0.717) is 11.4 Å². The van der Waals surface area contributed by atoms with Crippen LogP contribution >= 0.6 is 0 Å². The predicted octanol–water partition coefficient (Wildman–Crippen LogP) is 2.42. The van der Waals surface area contributed by atoms with E-state index in [2.05, 4.69) is 22.4 Å². The molecule has 1 amide bonds. The van der Waals surface area contributed by atoms with E-state index in [0.717, 1.165) is 24.5 Å². The first-order valence-electron chi connectivity index (χ1n) is 7.17. The molecule has 5 nitrogen and oxygen atoms in total. The van der Waals surface area contributed by atoms with Crippen LogP contribution in [0.15, 0.2) is 0 Å². The summed E-state index contributed by atoms with van der Waals surface area (Å²) in [6.45, 7) is 6.14. The lowest BCUT2D eigenvalue weighted by atomic mass is 10.1. The standard InChI is InChI=1S/C14H24N4O/c1-4-10(7-9-5-6-9)16-14(19)13-11(15)12(8(2)3)17-18-13/h8-10H,4-7,15H2,1-3H3,(H,16,19)(H,17,18). The van der Waals surface area contributed by atoms with Gasteiger partial charge in [-0.15, -0.1) is 0 Å². The highest BCUT2D eigenvalue weighted by molar-refractivity contribution is 5.97. The van der Waals surface area contributed by atoms with Crippen LogP contribution in [-0.4, -0.2) is 22.1 Å². The van der Waals surface area contributed by atoms with Gasteiger partial charge >= 0.3 is 0 Å². The van der Waals surface area contributed by atoms with Crippen molar-refractivity contribution in [1.82, 2.24) is 15.5 Å². The molecular formula is C14H24N4O. The molecule has 1 aliphatic rings. The molecule has 0 saturated heterocycles. The Morgan fingerprint density at radius 2 is 2.21 bits per heavy atom. The van der Waals surface area contributed by atoms with E-state index in [1.54, 1.807) is 0 Å². The minimum atomic E-state index is -0.159. The van der Waals surface area contributed by atoms with E-state index >= 15 is 0 Å². The topological polar surface area (TPSA) is 83.8 Å². The van der Waals surface area contributed by atoms with Crippen molar-refractivity contribution >= 4 is 11.6 Å². The number of carbonyl (C=O) groups is 1. The monoisotopic (exact) mass is 264 g/mol. The Morgan fingerprint density at radius 1 is 1.53 bits per heavy atom. The third-order valence-electron chi connectivity index (χ3n) is 3.77. The molecule has 1 atom stereocenters. The molecule has 2 rings (SSSR count). The van der Waals surface area contributed by atoms with Gasteiger partial charge in [-0.05, 0) is 24.7 Å². The third kappa shape index (κ3) is 3.28. The van der Waals surface area contributed by atoms with Crippen LogP contribution in [0.2, 0.25) is 0 Å². The van der Waals surface area contributed by atoms with Crippen molar-refractivity contribution in [2.45, 2.75) is 58.4 Å². The van der Waals surface area contributed by atoms with Gasteiger partial charge in [0.05, 0.1) is 11.4 Å². The van der Waals surface area contributed by atoms with Gasteiger partial charge in [0.15, 0.2) is 5.69 Å². The molecule has 0 bridgehead atoms. The average Bonchev–Trinajstić information content (AvgIpc) is 3.08. The van der Waals surface area contributed by atoms with E-state index in [4.69, 9.17) is 5.73 Å². The summed E-state index contributed by atoms with van der Waals surface area (Å²) >= 11 is 0. The fraction of sp³-hybridized carbons (Fsp3) is 0.714. The van der Waals surface area contributed by atoms with Crippen molar-refractivity contribution in [1.29, 1.82) is 0 Å². The van der Waals surface area contributed by atoms with Crippen LogP contribution in [0.1, 0.15) is 68.6 Å². The largest absolute Gasteiger partial charge is 0.395 e. The lowest BCUT2D eigenvalue weighted by molar-refractivity contribution is 0.0928. The summed E-state index contributed by atoms with van der Waals surface area (Å²) in [6, 6.07) is 0.235. The fourth-order valence-electron chi connectivity index (χ4n) is 2.31. The second-order valence-electron chi connectivity index (χ2n) is 5.81. The lowest BCUT2D eigenvalue weighted by Crippen LogP contribution is -2.35. The van der Waals surface area contributed by atoms with Crippen molar-refractivity contribution in [3.8, 4) is 0 Å². The van der Waals surface area contributed by atoms with Crippen LogP contribution in [0.4, 0.5) is 5.69 Å². The van der Waals surface area contributed by atoms with E-state index in [1.807, 2.05) is 13.8 Å². The van der Waals surface area contributed by atoms with Crippen LogP contribution < -0.4 is 11.1 Å². The number of nitrogen functional groups attached to an aromatic ring is 1. The SMILES string of the molecule is CCC(CC1CC1)NC(=O)c1n[nH]c(C(C)C)c1N. The van der Waals surface area contributed by atoms with Gasteiger partial charge in [-0.25, -0.2) is 0 Å². The maximum Gasteiger partial charge on any atom is 0.274 e. The number of aromatic nitrogens is 2. The van der Waals surface area contributed by atoms with Crippen molar-refractivity contribution in [3.63, 3.8) is 0 Å². The minimum Gasteiger partial charge on any atom is -0.395 e. The van der Waals surface area contributed by atoms with Crippen molar-refractivity contribution in [2.24, 2.45) is 5.92 Å². The molecule has 0 aromatic carbocycles. The summed E-state index contributed by atoms with van der Waals surface area (Å²) < 4.78 is 0. The number of amides is 1. The smallest absolute Gasteiger partial charge is 0.274 e. The van der Waals surface area contributed by atoms with Crippen LogP contribution in [0, 0.1) is 5.92 Å². The molecule has 0 spiro atoms. The Labute approximate surface area is 114 Å². The highest BCUT2D eigenvalue weighted by Gasteiger charge is 2.27. The Balaban J connectivity index is 2.01. The molecular weight excluding hydrogens is 240 g/mol. The van der Waals surface area contributed by atoms with Gasteiger partial charge in [-0.2, -0.15) is 5.10 Å². The number of hydrogen-bond acceptors (Lipinski definition) is 3. The molecule has 1 aliphatic carbocycles. The molecule has 0 aliphatic heterocycles. The molecule has 1 fully saturated rings. The highest BCUT2D eigenvalue weighted by Crippen LogP contribution is 2.34. The summed E-state index contributed by atoms with van der Waals surface area (Å²) in [5.41, 5.74) is 7.63. The summed E-state index contributed by atoms with van der Waals surface area (Å²) in [4.78, 5) is 12.2. The average molecular weight is 264 g/mol. The number of aromatic amines is 1. The van der Waals surface area contributed by atoms with Crippen LogP contribution in [0.3, 0.4) is 0 Å². The summed E-state index contributed by atoms with van der Waals surface area (Å²) in [7, 11) is 0. The van der Waals surface area contributed by atoms with Gasteiger partial charge in [0.25, 0.3) is 5.91 Å². The number of H-pyrrole nitrogens is 1. The second kappa shape index (κ2) is 5.63. The number of rotatable bonds is 6. The van der Waals surface area contributed by atoms with Crippen molar-refractivity contribution in [3.05, 3.63) is 11.4 Å². The molecule has 106 valence electrons. The number of nitrogens with two attached hydrogens (primary N) is 1. The molecule has 5 heteroatoms. The Morgan fingerprint density at radius 3 is 2.68 bits per heavy atom. The molecule has 1 saturated carbocycles. The maximum atomic E-state index is 12.2. The minimum absolute atomic E-state index is 0.159. The number of nitrogens with one attached hydrogen (secondary N) is 2. The highest BCUT2D eigenvalue weighted by atomic mass is 16.2. The van der Waals surface area contributed by atoms with E-state index in [9.17, 15) is 4.79 Å². The summed E-state index contributed by atoms with van der Waals surface area (Å²) in [5, 5.41) is 9.97. The van der Waals surface area contributed by atoms with Crippen LogP contribution in [0.25, 0.3) is 0 Å². The van der Waals surface area contributed by atoms with Crippen molar-refractivity contribution in [2.75, 3.05) is 5.73 Å². The molecule has 1 aromatic rings. The predicted molar refractivity (Wildman–Crippen MR) is 76.0 cm³/mol. The van der Waals surface area contributed by atoms with E-state index < -0.39 is 0 Å². The summed E-state index contributed by atoms with van der Waals surface area (Å²) in [6.07, 6.45) is 4.62. The maximum absolute atomic E-state index is 12.2. The molecule has 1 aromatic heterocycles. The van der Waals surface area contributed by atoms with E-state index in [1.165, 1.54) is 12.8 Å². The Kier molecular flexibility index (Phi) is 4.12. The van der Waals surface area contributed by atoms with Gasteiger partial charge < -0.3 is 11.1 Å². The number of hydrogen-bond donors (Lipinski definition) is 3. The first kappa shape index (κ1) is 13.9. The first-order valence-corrected chi connectivity index (χ1v) is 7.17. The van der Waals surface area contributed by atoms with Gasteiger partial charge in [0.1, 0.15) is 0 Å². The normalized spacial score (nSPS) is 16.6. The molecule has 1 unspecified atom stereocenters. The van der Waals surface area contributed by atoms with Crippen molar-refractivity contribution < 1.29 is 4.79 Å². The molecule has 1 heterocycles. The lowest BCUT2D eigenvalue weighted by Gasteiger charge is -2.16. The number of nitrogens with zero attached hydrogens (tertiary/aromatic N) is 1. The zero-order valence-corrected chi connectivity index (χ0v) is 12.0. The zero-order chi connectivity index (χ0) is 14.0. The quantitative estimate of drug-likeness (QED) is 0.737.